The number of aliphatic hydroxyl groups is 1. The number of hydrogen-bond donors (Lipinski definition) is 1. The van der Waals surface area contributed by atoms with Gasteiger partial charge in [0.2, 0.25) is 0 Å². The number of aromatic nitrogens is 2. The fourth-order valence-corrected chi connectivity index (χ4v) is 1.87. The number of benzene rings is 1. The standard InChI is InChI=1S/C11H14N2O/c1-7-5-4-6-9-10(7)12-13(3)11(9)8(2)14/h4-6,8,14H,1-3H3. The number of nitrogens with zero attached hydrogens (tertiary/aromatic N) is 2. The molecule has 2 aromatic rings. The summed E-state index contributed by atoms with van der Waals surface area (Å²) in [5.74, 6) is 0. The third-order valence-corrected chi connectivity index (χ3v) is 2.51. The summed E-state index contributed by atoms with van der Waals surface area (Å²) >= 11 is 0. The molecule has 0 amide bonds. The number of aryl methyl sites for hydroxylation is 2. The van der Waals surface area contributed by atoms with E-state index in [4.69, 9.17) is 0 Å². The van der Waals surface area contributed by atoms with E-state index < -0.39 is 6.10 Å². The van der Waals surface area contributed by atoms with Gasteiger partial charge in [0, 0.05) is 12.4 Å². The van der Waals surface area contributed by atoms with Crippen molar-refractivity contribution < 1.29 is 5.11 Å². The van der Waals surface area contributed by atoms with Crippen LogP contribution in [0.25, 0.3) is 10.9 Å². The predicted octanol–water partition coefficient (Wildman–Crippen LogP) is 1.94. The average Bonchev–Trinajstić information content (AvgIpc) is 2.42. The molecule has 0 bridgehead atoms. The topological polar surface area (TPSA) is 38.0 Å². The maximum absolute atomic E-state index is 9.62. The average molecular weight is 190 g/mol. The summed E-state index contributed by atoms with van der Waals surface area (Å²) in [7, 11) is 1.86. The van der Waals surface area contributed by atoms with Gasteiger partial charge in [-0.15, -0.1) is 0 Å². The molecule has 14 heavy (non-hydrogen) atoms. The Morgan fingerprint density at radius 1 is 1.43 bits per heavy atom. The molecule has 1 unspecified atom stereocenters. The van der Waals surface area contributed by atoms with Crippen LogP contribution < -0.4 is 0 Å². The summed E-state index contributed by atoms with van der Waals surface area (Å²) < 4.78 is 1.75. The monoisotopic (exact) mass is 190 g/mol. The van der Waals surface area contributed by atoms with Crippen LogP contribution in [0.4, 0.5) is 0 Å². The van der Waals surface area contributed by atoms with E-state index in [-0.39, 0.29) is 0 Å². The lowest BCUT2D eigenvalue weighted by Crippen LogP contribution is -2.01. The van der Waals surface area contributed by atoms with Gasteiger partial charge in [0.05, 0.1) is 17.3 Å². The van der Waals surface area contributed by atoms with Crippen molar-refractivity contribution in [2.75, 3.05) is 0 Å². The molecule has 1 aromatic heterocycles. The van der Waals surface area contributed by atoms with Gasteiger partial charge in [-0.3, -0.25) is 4.68 Å². The Bertz CT molecular complexity index is 471. The van der Waals surface area contributed by atoms with E-state index in [0.29, 0.717) is 0 Å². The van der Waals surface area contributed by atoms with E-state index >= 15 is 0 Å². The predicted molar refractivity (Wildman–Crippen MR) is 56.1 cm³/mol. The van der Waals surface area contributed by atoms with Crippen LogP contribution in [0, 0.1) is 6.92 Å². The minimum Gasteiger partial charge on any atom is -0.387 e. The summed E-state index contributed by atoms with van der Waals surface area (Å²) in [6, 6.07) is 6.02. The van der Waals surface area contributed by atoms with E-state index in [1.165, 1.54) is 0 Å². The maximum Gasteiger partial charge on any atom is 0.0956 e. The summed E-state index contributed by atoms with van der Waals surface area (Å²) in [6.07, 6.45) is -0.480. The molecule has 1 atom stereocenters. The molecular formula is C11H14N2O. The van der Waals surface area contributed by atoms with E-state index in [0.717, 1.165) is 22.2 Å². The molecule has 0 aliphatic carbocycles. The molecular weight excluding hydrogens is 176 g/mol. The SMILES string of the molecule is Cc1cccc2c(C(C)O)n(C)nc12. The van der Waals surface area contributed by atoms with Gasteiger partial charge in [0.25, 0.3) is 0 Å². The van der Waals surface area contributed by atoms with Crippen LogP contribution in [0.2, 0.25) is 0 Å². The number of fused-ring (bicyclic) bond motifs is 1. The van der Waals surface area contributed by atoms with Crippen molar-refractivity contribution >= 4 is 10.9 Å². The third-order valence-electron chi connectivity index (χ3n) is 2.51. The van der Waals surface area contributed by atoms with Crippen LogP contribution in [0.15, 0.2) is 18.2 Å². The second-order valence-electron chi connectivity index (χ2n) is 3.66. The first-order chi connectivity index (χ1) is 6.61. The molecule has 0 saturated carbocycles. The van der Waals surface area contributed by atoms with Crippen molar-refractivity contribution in [2.24, 2.45) is 7.05 Å². The first-order valence-corrected chi connectivity index (χ1v) is 4.71. The maximum atomic E-state index is 9.62. The molecule has 3 heteroatoms. The zero-order chi connectivity index (χ0) is 10.3. The Hall–Kier alpha value is -1.35. The van der Waals surface area contributed by atoms with Crippen molar-refractivity contribution in [3.8, 4) is 0 Å². The lowest BCUT2D eigenvalue weighted by atomic mass is 10.1. The molecule has 0 aliphatic heterocycles. The van der Waals surface area contributed by atoms with Crippen LogP contribution in [0.1, 0.15) is 24.3 Å². The summed E-state index contributed by atoms with van der Waals surface area (Å²) in [5, 5.41) is 15.1. The fourth-order valence-electron chi connectivity index (χ4n) is 1.87. The van der Waals surface area contributed by atoms with Crippen molar-refractivity contribution in [2.45, 2.75) is 20.0 Å². The van der Waals surface area contributed by atoms with Gasteiger partial charge >= 0.3 is 0 Å². The molecule has 2 rings (SSSR count). The van der Waals surface area contributed by atoms with Crippen molar-refractivity contribution in [1.29, 1.82) is 0 Å². The molecule has 3 nitrogen and oxygen atoms in total. The first-order valence-electron chi connectivity index (χ1n) is 4.71. The molecule has 0 saturated heterocycles. The lowest BCUT2D eigenvalue weighted by Gasteiger charge is -2.04. The fraction of sp³-hybridized carbons (Fsp3) is 0.364. The number of rotatable bonds is 1. The Morgan fingerprint density at radius 3 is 2.79 bits per heavy atom. The normalized spacial score (nSPS) is 13.4. The zero-order valence-electron chi connectivity index (χ0n) is 8.65. The largest absolute Gasteiger partial charge is 0.387 e. The number of hydrogen-bond acceptors (Lipinski definition) is 2. The van der Waals surface area contributed by atoms with Crippen molar-refractivity contribution in [3.05, 3.63) is 29.5 Å². The highest BCUT2D eigenvalue weighted by Gasteiger charge is 2.13. The van der Waals surface area contributed by atoms with Gasteiger partial charge in [0.15, 0.2) is 0 Å². The quantitative estimate of drug-likeness (QED) is 0.746. The highest BCUT2D eigenvalue weighted by molar-refractivity contribution is 5.84. The van der Waals surface area contributed by atoms with Crippen LogP contribution >= 0.6 is 0 Å². The van der Waals surface area contributed by atoms with E-state index in [1.807, 2.05) is 32.2 Å². The lowest BCUT2D eigenvalue weighted by molar-refractivity contribution is 0.190. The highest BCUT2D eigenvalue weighted by Crippen LogP contribution is 2.25. The molecule has 0 fully saturated rings. The Balaban J connectivity index is 2.83. The van der Waals surface area contributed by atoms with Gasteiger partial charge < -0.3 is 5.11 Å². The second-order valence-corrected chi connectivity index (χ2v) is 3.66. The van der Waals surface area contributed by atoms with Crippen LogP contribution in [0.5, 0.6) is 0 Å². The summed E-state index contributed by atoms with van der Waals surface area (Å²) in [6.45, 7) is 3.79. The van der Waals surface area contributed by atoms with Crippen LogP contribution in [0.3, 0.4) is 0 Å². The zero-order valence-corrected chi connectivity index (χ0v) is 8.65. The first kappa shape index (κ1) is 9.21. The Morgan fingerprint density at radius 2 is 2.14 bits per heavy atom. The van der Waals surface area contributed by atoms with Crippen LogP contribution in [-0.4, -0.2) is 14.9 Å². The second kappa shape index (κ2) is 3.10. The minimum atomic E-state index is -0.480. The summed E-state index contributed by atoms with van der Waals surface area (Å²) in [5.41, 5.74) is 3.00. The van der Waals surface area contributed by atoms with E-state index in [1.54, 1.807) is 11.6 Å². The van der Waals surface area contributed by atoms with Crippen molar-refractivity contribution in [1.82, 2.24) is 9.78 Å². The number of aliphatic hydroxyl groups excluding tert-OH is 1. The van der Waals surface area contributed by atoms with Crippen LogP contribution in [-0.2, 0) is 7.05 Å². The minimum absolute atomic E-state index is 0.480. The molecule has 1 aromatic carbocycles. The molecule has 74 valence electrons. The van der Waals surface area contributed by atoms with E-state index in [2.05, 4.69) is 5.10 Å². The highest BCUT2D eigenvalue weighted by atomic mass is 16.3. The van der Waals surface area contributed by atoms with Gasteiger partial charge in [-0.25, -0.2) is 0 Å². The molecule has 0 radical (unpaired) electrons. The Labute approximate surface area is 83.0 Å². The molecule has 1 N–H and O–H groups in total. The molecule has 0 spiro atoms. The third kappa shape index (κ3) is 1.21. The van der Waals surface area contributed by atoms with Gasteiger partial charge in [-0.1, -0.05) is 18.2 Å². The molecule has 0 aliphatic rings. The Kier molecular flexibility index (Phi) is 2.04. The van der Waals surface area contributed by atoms with Crippen molar-refractivity contribution in [3.63, 3.8) is 0 Å². The summed E-state index contributed by atoms with van der Waals surface area (Å²) in [4.78, 5) is 0. The van der Waals surface area contributed by atoms with E-state index in [9.17, 15) is 5.11 Å². The molecule has 1 heterocycles. The van der Waals surface area contributed by atoms with Gasteiger partial charge in [-0.05, 0) is 19.4 Å². The van der Waals surface area contributed by atoms with Gasteiger partial charge in [0.1, 0.15) is 0 Å². The van der Waals surface area contributed by atoms with Gasteiger partial charge in [-0.2, -0.15) is 5.10 Å². The smallest absolute Gasteiger partial charge is 0.0956 e.